The Morgan fingerprint density at radius 3 is 2.35 bits per heavy atom. The van der Waals surface area contributed by atoms with Gasteiger partial charge in [-0.3, -0.25) is 14.5 Å². The fraction of sp³-hybridized carbons (Fsp3) is 0.375. The topological polar surface area (TPSA) is 110 Å². The van der Waals surface area contributed by atoms with Crippen LogP contribution in [0.15, 0.2) is 48.9 Å². The zero-order chi connectivity index (χ0) is 30.5. The van der Waals surface area contributed by atoms with E-state index in [0.29, 0.717) is 24.3 Å². The smallest absolute Gasteiger partial charge is 0.410 e. The number of nitrogens with one attached hydrogen (secondary N) is 1. The number of halogens is 2. The molecule has 2 fully saturated rings. The van der Waals surface area contributed by atoms with Gasteiger partial charge in [-0.25, -0.2) is 4.79 Å². The number of hydrogen-bond acceptors (Lipinski definition) is 7. The molecule has 6 rings (SSSR count). The highest BCUT2D eigenvalue weighted by Crippen LogP contribution is 2.40. The van der Waals surface area contributed by atoms with E-state index in [1.807, 2.05) is 49.8 Å². The first-order valence-electron chi connectivity index (χ1n) is 14.4. The standard InChI is InChI=1S/C32H33Cl2N5O4/c1-32(2,3)43-31(42)38-10-8-22(9-11-38)39-17-21(15-36-39)37-28-23-12-19(20-13-25(33)30(41)26(34)14-20)6-7-27(23)35-16-24(28)29(40)18-4-5-18/h6-7,12-18,22,41H,4-5,8-11H2,1-3H3,(H,35,37). The van der Waals surface area contributed by atoms with E-state index in [1.165, 1.54) is 0 Å². The number of aromatic hydroxyl groups is 1. The van der Waals surface area contributed by atoms with E-state index in [1.54, 1.807) is 29.4 Å². The third kappa shape index (κ3) is 6.28. The Labute approximate surface area is 259 Å². The molecule has 0 spiro atoms. The van der Waals surface area contributed by atoms with Gasteiger partial charge in [0.1, 0.15) is 5.60 Å². The Bertz CT molecular complexity index is 1700. The summed E-state index contributed by atoms with van der Waals surface area (Å²) < 4.78 is 7.45. The molecule has 1 amide bonds. The number of phenols is 1. The number of ketones is 1. The summed E-state index contributed by atoms with van der Waals surface area (Å²) >= 11 is 12.4. The molecule has 2 N–H and O–H groups in total. The van der Waals surface area contributed by atoms with Crippen molar-refractivity contribution in [2.24, 2.45) is 5.92 Å². The molecular formula is C32H33Cl2N5O4. The van der Waals surface area contributed by atoms with Gasteiger partial charge in [-0.15, -0.1) is 0 Å². The number of aromatic nitrogens is 3. The van der Waals surface area contributed by atoms with Gasteiger partial charge in [0.05, 0.1) is 44.7 Å². The first-order valence-corrected chi connectivity index (χ1v) is 15.2. The van der Waals surface area contributed by atoms with Crippen molar-refractivity contribution >= 4 is 57.4 Å². The van der Waals surface area contributed by atoms with Crippen LogP contribution in [0.4, 0.5) is 16.2 Å². The quantitative estimate of drug-likeness (QED) is 0.210. The van der Waals surface area contributed by atoms with Gasteiger partial charge < -0.3 is 20.1 Å². The summed E-state index contributed by atoms with van der Waals surface area (Å²) in [4.78, 5) is 32.2. The highest BCUT2D eigenvalue weighted by molar-refractivity contribution is 6.37. The first-order chi connectivity index (χ1) is 20.5. The minimum absolute atomic E-state index is 0.00979. The second-order valence-corrected chi connectivity index (χ2v) is 13.1. The molecule has 3 heterocycles. The second kappa shape index (κ2) is 11.4. The highest BCUT2D eigenvalue weighted by atomic mass is 35.5. The lowest BCUT2D eigenvalue weighted by molar-refractivity contribution is 0.0184. The number of piperidine rings is 1. The van der Waals surface area contributed by atoms with Crippen LogP contribution in [0.3, 0.4) is 0 Å². The molecule has 1 saturated heterocycles. The maximum atomic E-state index is 13.4. The van der Waals surface area contributed by atoms with Gasteiger partial charge >= 0.3 is 6.09 Å². The summed E-state index contributed by atoms with van der Waals surface area (Å²) in [6.45, 7) is 6.78. The number of Topliss-reactive ketones (excluding diaryl/α,β-unsaturated/α-hetero) is 1. The SMILES string of the molecule is CC(C)(C)OC(=O)N1CCC(n2cc(Nc3c(C(=O)C4CC4)cnc4ccc(-c5cc(Cl)c(O)c(Cl)c5)cc34)cn2)CC1. The number of likely N-dealkylation sites (tertiary alicyclic amines) is 1. The highest BCUT2D eigenvalue weighted by Gasteiger charge is 2.33. The number of fused-ring (bicyclic) bond motifs is 1. The fourth-order valence-electron chi connectivity index (χ4n) is 5.38. The van der Waals surface area contributed by atoms with E-state index in [0.717, 1.165) is 53.4 Å². The number of nitrogens with zero attached hydrogens (tertiary/aromatic N) is 4. The molecule has 9 nitrogen and oxygen atoms in total. The Morgan fingerprint density at radius 2 is 1.70 bits per heavy atom. The van der Waals surface area contributed by atoms with Crippen LogP contribution < -0.4 is 5.32 Å². The van der Waals surface area contributed by atoms with Crippen LogP contribution in [0, 0.1) is 5.92 Å². The molecule has 1 aliphatic heterocycles. The van der Waals surface area contributed by atoms with Gasteiger partial charge in [-0.2, -0.15) is 5.10 Å². The molecule has 0 atom stereocenters. The number of rotatable bonds is 6. The van der Waals surface area contributed by atoms with Crippen LogP contribution in [0.25, 0.3) is 22.0 Å². The van der Waals surface area contributed by atoms with Gasteiger partial charge in [0.15, 0.2) is 11.5 Å². The van der Waals surface area contributed by atoms with E-state index >= 15 is 0 Å². The fourth-order valence-corrected chi connectivity index (χ4v) is 5.86. The predicted octanol–water partition coefficient (Wildman–Crippen LogP) is 8.02. The van der Waals surface area contributed by atoms with Crippen LogP contribution in [-0.2, 0) is 4.74 Å². The molecular weight excluding hydrogens is 589 g/mol. The number of carbonyl (C=O) groups is 2. The van der Waals surface area contributed by atoms with Crippen LogP contribution >= 0.6 is 23.2 Å². The molecule has 0 unspecified atom stereocenters. The first kappa shape index (κ1) is 29.3. The van der Waals surface area contributed by atoms with E-state index in [4.69, 9.17) is 27.9 Å². The largest absolute Gasteiger partial charge is 0.505 e. The van der Waals surface area contributed by atoms with Crippen LogP contribution in [0.2, 0.25) is 10.0 Å². The molecule has 224 valence electrons. The third-order valence-electron chi connectivity index (χ3n) is 7.79. The van der Waals surface area contributed by atoms with Crippen molar-refractivity contribution in [3.8, 4) is 16.9 Å². The average molecular weight is 623 g/mol. The summed E-state index contributed by atoms with van der Waals surface area (Å²) in [5, 5.41) is 19.2. The Morgan fingerprint density at radius 1 is 1.00 bits per heavy atom. The Hall–Kier alpha value is -3.82. The summed E-state index contributed by atoms with van der Waals surface area (Å²) in [6, 6.07) is 9.18. The summed E-state index contributed by atoms with van der Waals surface area (Å²) in [7, 11) is 0. The average Bonchev–Trinajstić information content (AvgIpc) is 3.72. The van der Waals surface area contributed by atoms with Crippen molar-refractivity contribution in [1.82, 2.24) is 19.7 Å². The maximum Gasteiger partial charge on any atom is 0.410 e. The third-order valence-corrected chi connectivity index (χ3v) is 8.37. The number of benzene rings is 2. The zero-order valence-corrected chi connectivity index (χ0v) is 25.7. The van der Waals surface area contributed by atoms with Crippen LogP contribution in [0.1, 0.15) is 62.9 Å². The number of anilines is 2. The number of carbonyl (C=O) groups excluding carboxylic acids is 2. The molecule has 2 aromatic heterocycles. The van der Waals surface area contributed by atoms with Crippen molar-refractivity contribution in [2.75, 3.05) is 18.4 Å². The lowest BCUT2D eigenvalue weighted by Crippen LogP contribution is -2.42. The normalized spacial score (nSPS) is 16.0. The van der Waals surface area contributed by atoms with Crippen LogP contribution in [-0.4, -0.2) is 55.3 Å². The monoisotopic (exact) mass is 621 g/mol. The van der Waals surface area contributed by atoms with Crippen molar-refractivity contribution in [3.05, 3.63) is 64.5 Å². The van der Waals surface area contributed by atoms with Crippen molar-refractivity contribution in [1.29, 1.82) is 0 Å². The number of pyridine rings is 1. The van der Waals surface area contributed by atoms with E-state index in [2.05, 4.69) is 15.4 Å². The minimum atomic E-state index is -0.529. The van der Waals surface area contributed by atoms with Gasteiger partial charge in [0.2, 0.25) is 0 Å². The molecule has 1 aliphatic carbocycles. The Kier molecular flexibility index (Phi) is 7.73. The van der Waals surface area contributed by atoms with Gasteiger partial charge in [0.25, 0.3) is 0 Å². The molecule has 0 radical (unpaired) electrons. The maximum absolute atomic E-state index is 13.4. The molecule has 2 aliphatic rings. The van der Waals surface area contributed by atoms with Gasteiger partial charge in [0, 0.05) is 36.8 Å². The lowest BCUT2D eigenvalue weighted by Gasteiger charge is -2.33. The zero-order valence-electron chi connectivity index (χ0n) is 24.2. The number of phenolic OH excluding ortho intramolecular Hbond substituents is 1. The van der Waals surface area contributed by atoms with Gasteiger partial charge in [-0.05, 0) is 81.8 Å². The Balaban J connectivity index is 1.29. The molecule has 43 heavy (non-hydrogen) atoms. The van der Waals surface area contributed by atoms with Gasteiger partial charge in [-0.1, -0.05) is 29.3 Å². The van der Waals surface area contributed by atoms with Crippen molar-refractivity contribution in [2.45, 2.75) is 58.1 Å². The van der Waals surface area contributed by atoms with E-state index < -0.39 is 5.60 Å². The number of hydrogen-bond donors (Lipinski definition) is 2. The van der Waals surface area contributed by atoms with Crippen molar-refractivity contribution in [3.63, 3.8) is 0 Å². The molecule has 11 heteroatoms. The molecule has 1 saturated carbocycles. The van der Waals surface area contributed by atoms with E-state index in [-0.39, 0.29) is 39.6 Å². The second-order valence-electron chi connectivity index (χ2n) is 12.2. The predicted molar refractivity (Wildman–Crippen MR) is 168 cm³/mol. The summed E-state index contributed by atoms with van der Waals surface area (Å²) in [5.74, 6) is -0.0859. The number of amides is 1. The van der Waals surface area contributed by atoms with Crippen LogP contribution in [0.5, 0.6) is 5.75 Å². The molecule has 4 aromatic rings. The van der Waals surface area contributed by atoms with E-state index in [9.17, 15) is 14.7 Å². The lowest BCUT2D eigenvalue weighted by atomic mass is 9.99. The minimum Gasteiger partial charge on any atom is -0.505 e. The number of ether oxygens (including phenoxy) is 1. The molecule has 0 bridgehead atoms. The summed E-state index contributed by atoms with van der Waals surface area (Å²) in [5.41, 5.74) is 3.67. The van der Waals surface area contributed by atoms with Crippen molar-refractivity contribution < 1.29 is 19.4 Å². The molecule has 2 aromatic carbocycles. The summed E-state index contributed by atoms with van der Waals surface area (Å²) in [6.07, 6.45) is 8.31.